The number of hydrogen-bond donors (Lipinski definition) is 3. The van der Waals surface area contributed by atoms with E-state index in [0.717, 1.165) is 0 Å². The van der Waals surface area contributed by atoms with Gasteiger partial charge >= 0.3 is 5.97 Å². The van der Waals surface area contributed by atoms with E-state index in [4.69, 9.17) is 17.0 Å². The Morgan fingerprint density at radius 2 is 1.92 bits per heavy atom. The SMILES string of the molecule is COCCNC(=O)c1cccc(NC(=S)NC(=O)CCC(=O)OC)c1. The van der Waals surface area contributed by atoms with Gasteiger partial charge in [0.15, 0.2) is 5.11 Å². The highest BCUT2D eigenvalue weighted by atomic mass is 32.1. The zero-order valence-electron chi connectivity index (χ0n) is 14.1. The molecule has 3 N–H and O–H groups in total. The molecule has 0 aliphatic heterocycles. The first-order valence-corrected chi connectivity index (χ1v) is 7.92. The summed E-state index contributed by atoms with van der Waals surface area (Å²) < 4.78 is 9.33. The fourth-order valence-corrected chi connectivity index (χ4v) is 2.01. The minimum absolute atomic E-state index is 0.0257. The van der Waals surface area contributed by atoms with E-state index in [-0.39, 0.29) is 23.9 Å². The maximum absolute atomic E-state index is 12.0. The molecule has 0 spiro atoms. The van der Waals surface area contributed by atoms with Crippen LogP contribution in [0.2, 0.25) is 0 Å². The molecule has 9 heteroatoms. The number of nitrogens with one attached hydrogen (secondary N) is 3. The Kier molecular flexibility index (Phi) is 9.12. The Labute approximate surface area is 151 Å². The lowest BCUT2D eigenvalue weighted by Gasteiger charge is -2.11. The number of carbonyl (C=O) groups excluding carboxylic acids is 3. The normalized spacial score (nSPS) is 9.84. The number of hydrogen-bond acceptors (Lipinski definition) is 6. The van der Waals surface area contributed by atoms with E-state index in [1.54, 1.807) is 31.4 Å². The number of ether oxygens (including phenoxy) is 2. The van der Waals surface area contributed by atoms with Gasteiger partial charge in [-0.3, -0.25) is 14.4 Å². The first-order valence-electron chi connectivity index (χ1n) is 7.51. The number of thiocarbonyl (C=S) groups is 1. The van der Waals surface area contributed by atoms with Gasteiger partial charge in [0.25, 0.3) is 5.91 Å². The molecule has 0 aliphatic rings. The summed E-state index contributed by atoms with van der Waals surface area (Å²) in [5.41, 5.74) is 0.999. The maximum Gasteiger partial charge on any atom is 0.306 e. The molecule has 0 fully saturated rings. The lowest BCUT2D eigenvalue weighted by atomic mass is 10.2. The lowest BCUT2D eigenvalue weighted by molar-refractivity contribution is -0.142. The van der Waals surface area contributed by atoms with Crippen LogP contribution < -0.4 is 16.0 Å². The highest BCUT2D eigenvalue weighted by molar-refractivity contribution is 7.80. The molecule has 1 aromatic rings. The zero-order valence-corrected chi connectivity index (χ0v) is 14.9. The summed E-state index contributed by atoms with van der Waals surface area (Å²) in [5, 5.41) is 8.05. The maximum atomic E-state index is 12.0. The van der Waals surface area contributed by atoms with Crippen LogP contribution in [0.4, 0.5) is 5.69 Å². The van der Waals surface area contributed by atoms with Crippen molar-refractivity contribution in [2.45, 2.75) is 12.8 Å². The van der Waals surface area contributed by atoms with Gasteiger partial charge in [0, 0.05) is 31.3 Å². The summed E-state index contributed by atoms with van der Waals surface area (Å²) in [5.74, 6) is -1.12. The molecule has 0 saturated heterocycles. The second-order valence-electron chi connectivity index (χ2n) is 4.91. The predicted molar refractivity (Wildman–Crippen MR) is 96.3 cm³/mol. The van der Waals surface area contributed by atoms with Crippen LogP contribution >= 0.6 is 12.2 Å². The minimum atomic E-state index is -0.471. The van der Waals surface area contributed by atoms with E-state index < -0.39 is 11.9 Å². The molecule has 1 aromatic carbocycles. The van der Waals surface area contributed by atoms with Gasteiger partial charge in [-0.2, -0.15) is 0 Å². The molecule has 8 nitrogen and oxygen atoms in total. The number of esters is 1. The Bertz CT molecular complexity index is 636. The zero-order chi connectivity index (χ0) is 18.7. The van der Waals surface area contributed by atoms with Crippen LogP contribution in [0.3, 0.4) is 0 Å². The standard InChI is InChI=1S/C16H21N3O5S/c1-23-9-8-17-15(22)11-4-3-5-12(10-11)18-16(25)19-13(20)6-7-14(21)24-2/h3-5,10H,6-9H2,1-2H3,(H,17,22)(H2,18,19,20,25). The topological polar surface area (TPSA) is 106 Å². The first-order chi connectivity index (χ1) is 12.0. The van der Waals surface area contributed by atoms with E-state index in [1.165, 1.54) is 7.11 Å². The molecule has 1 rings (SSSR count). The Hall–Kier alpha value is -2.52. The fraction of sp³-hybridized carbons (Fsp3) is 0.375. The Balaban J connectivity index is 2.51. The monoisotopic (exact) mass is 367 g/mol. The molecule has 0 heterocycles. The van der Waals surface area contributed by atoms with Gasteiger partial charge in [-0.15, -0.1) is 0 Å². The summed E-state index contributed by atoms with van der Waals surface area (Å²) in [6.45, 7) is 0.826. The third-order valence-electron chi connectivity index (χ3n) is 3.01. The van der Waals surface area contributed by atoms with Crippen LogP contribution in [0.1, 0.15) is 23.2 Å². The number of carbonyl (C=O) groups is 3. The van der Waals surface area contributed by atoms with E-state index >= 15 is 0 Å². The molecular weight excluding hydrogens is 346 g/mol. The van der Waals surface area contributed by atoms with Gasteiger partial charge in [0.1, 0.15) is 0 Å². The summed E-state index contributed by atoms with van der Waals surface area (Å²) in [7, 11) is 2.81. The fourth-order valence-electron chi connectivity index (χ4n) is 1.78. The number of methoxy groups -OCH3 is 2. The van der Waals surface area contributed by atoms with Crippen LogP contribution in [-0.4, -0.2) is 50.3 Å². The molecule has 0 radical (unpaired) electrons. The van der Waals surface area contributed by atoms with Crippen molar-refractivity contribution in [1.82, 2.24) is 10.6 Å². The quantitative estimate of drug-likeness (QED) is 0.355. The first kappa shape index (κ1) is 20.5. The van der Waals surface area contributed by atoms with Gasteiger partial charge in [-0.05, 0) is 30.4 Å². The second-order valence-corrected chi connectivity index (χ2v) is 5.32. The highest BCUT2D eigenvalue weighted by Crippen LogP contribution is 2.10. The summed E-state index contributed by atoms with van der Waals surface area (Å²) in [6, 6.07) is 6.66. The van der Waals surface area contributed by atoms with Crippen molar-refractivity contribution in [3.05, 3.63) is 29.8 Å². The molecule has 0 aromatic heterocycles. The van der Waals surface area contributed by atoms with Crippen molar-refractivity contribution in [2.75, 3.05) is 32.7 Å². The number of rotatable bonds is 8. The van der Waals surface area contributed by atoms with Gasteiger partial charge in [0.05, 0.1) is 20.1 Å². The third-order valence-corrected chi connectivity index (χ3v) is 3.22. The predicted octanol–water partition coefficient (Wildman–Crippen LogP) is 0.829. The molecule has 136 valence electrons. The summed E-state index contributed by atoms with van der Waals surface area (Å²) in [6.07, 6.45) is -0.0570. The molecule has 0 bridgehead atoms. The van der Waals surface area contributed by atoms with Crippen LogP contribution in [0.15, 0.2) is 24.3 Å². The van der Waals surface area contributed by atoms with Crippen LogP contribution in [-0.2, 0) is 19.1 Å². The van der Waals surface area contributed by atoms with Gasteiger partial charge in [0.2, 0.25) is 5.91 Å². The molecule has 25 heavy (non-hydrogen) atoms. The largest absolute Gasteiger partial charge is 0.469 e. The van der Waals surface area contributed by atoms with Gasteiger partial charge in [-0.1, -0.05) is 6.07 Å². The summed E-state index contributed by atoms with van der Waals surface area (Å²) >= 11 is 5.04. The molecule has 2 amide bonds. The van der Waals surface area contributed by atoms with Gasteiger partial charge in [-0.25, -0.2) is 0 Å². The molecule has 0 atom stereocenters. The van der Waals surface area contributed by atoms with Crippen molar-refractivity contribution in [3.8, 4) is 0 Å². The van der Waals surface area contributed by atoms with Crippen molar-refractivity contribution in [3.63, 3.8) is 0 Å². The summed E-state index contributed by atoms with van der Waals surface area (Å²) in [4.78, 5) is 34.6. The Morgan fingerprint density at radius 3 is 2.60 bits per heavy atom. The van der Waals surface area contributed by atoms with E-state index in [1.807, 2.05) is 0 Å². The second kappa shape index (κ2) is 11.1. The van der Waals surface area contributed by atoms with E-state index in [2.05, 4.69) is 20.7 Å². The van der Waals surface area contributed by atoms with Crippen molar-refractivity contribution in [1.29, 1.82) is 0 Å². The van der Waals surface area contributed by atoms with Crippen molar-refractivity contribution >= 4 is 40.8 Å². The number of anilines is 1. The minimum Gasteiger partial charge on any atom is -0.469 e. The van der Waals surface area contributed by atoms with Crippen LogP contribution in [0, 0.1) is 0 Å². The highest BCUT2D eigenvalue weighted by Gasteiger charge is 2.10. The van der Waals surface area contributed by atoms with Gasteiger partial charge < -0.3 is 25.4 Å². The smallest absolute Gasteiger partial charge is 0.306 e. The Morgan fingerprint density at radius 1 is 1.16 bits per heavy atom. The number of benzene rings is 1. The van der Waals surface area contributed by atoms with Crippen LogP contribution in [0.5, 0.6) is 0 Å². The van der Waals surface area contributed by atoms with Crippen molar-refractivity contribution in [2.24, 2.45) is 0 Å². The van der Waals surface area contributed by atoms with E-state index in [9.17, 15) is 14.4 Å². The van der Waals surface area contributed by atoms with Crippen LogP contribution in [0.25, 0.3) is 0 Å². The number of amides is 2. The average Bonchev–Trinajstić information content (AvgIpc) is 2.59. The molecular formula is C16H21N3O5S. The average molecular weight is 367 g/mol. The molecule has 0 saturated carbocycles. The van der Waals surface area contributed by atoms with Crippen molar-refractivity contribution < 1.29 is 23.9 Å². The lowest BCUT2D eigenvalue weighted by Crippen LogP contribution is -2.34. The third kappa shape index (κ3) is 8.23. The molecule has 0 unspecified atom stereocenters. The van der Waals surface area contributed by atoms with E-state index in [0.29, 0.717) is 24.4 Å². The molecule has 0 aliphatic carbocycles.